The lowest BCUT2D eigenvalue weighted by Gasteiger charge is -2.41. The number of rotatable bonds is 5. The summed E-state index contributed by atoms with van der Waals surface area (Å²) in [5, 5.41) is 3.71. The zero-order valence-corrected chi connectivity index (χ0v) is 14.9. The molecule has 3 heteroatoms. The average molecular weight is 304 g/mol. The van der Waals surface area contributed by atoms with Gasteiger partial charge in [0.15, 0.2) is 0 Å². The van der Waals surface area contributed by atoms with Crippen LogP contribution in [0, 0.1) is 0 Å². The number of ether oxygens (including phenoxy) is 1. The normalized spacial score (nSPS) is 17.9. The van der Waals surface area contributed by atoms with Gasteiger partial charge in [0.05, 0.1) is 6.10 Å². The first-order chi connectivity index (χ1) is 10.3. The van der Waals surface area contributed by atoms with Gasteiger partial charge in [-0.25, -0.2) is 0 Å². The van der Waals surface area contributed by atoms with E-state index in [2.05, 4.69) is 63.0 Å². The Balaban J connectivity index is 1.79. The van der Waals surface area contributed by atoms with E-state index in [0.717, 1.165) is 12.3 Å². The van der Waals surface area contributed by atoms with Crippen LogP contribution in [0.1, 0.15) is 53.0 Å². The summed E-state index contributed by atoms with van der Waals surface area (Å²) in [6, 6.07) is 9.07. The highest BCUT2D eigenvalue weighted by Gasteiger charge is 2.26. The van der Waals surface area contributed by atoms with E-state index in [1.54, 1.807) is 0 Å². The highest BCUT2D eigenvalue weighted by molar-refractivity contribution is 5.28. The molecular weight excluding hydrogens is 272 g/mol. The molecule has 1 saturated heterocycles. The van der Waals surface area contributed by atoms with Gasteiger partial charge in [-0.1, -0.05) is 12.1 Å². The number of nitrogens with one attached hydrogen (secondary N) is 1. The van der Waals surface area contributed by atoms with Gasteiger partial charge in [0.1, 0.15) is 5.75 Å². The Kier molecular flexibility index (Phi) is 5.87. The summed E-state index contributed by atoms with van der Waals surface area (Å²) in [4.78, 5) is 2.59. The second-order valence-electron chi connectivity index (χ2n) is 7.63. The molecule has 1 aromatic rings. The molecule has 0 spiro atoms. The SMILES string of the molecule is CC(C)Oc1cccc(CNC2CCN(C(C)(C)C)CC2)c1. The maximum absolute atomic E-state index is 5.76. The van der Waals surface area contributed by atoms with Crippen molar-refractivity contribution < 1.29 is 4.74 Å². The summed E-state index contributed by atoms with van der Waals surface area (Å²) in [7, 11) is 0. The minimum atomic E-state index is 0.227. The van der Waals surface area contributed by atoms with Gasteiger partial charge in [0, 0.05) is 31.2 Å². The Bertz CT molecular complexity index is 457. The van der Waals surface area contributed by atoms with Crippen LogP contribution in [-0.2, 0) is 6.54 Å². The molecule has 2 rings (SSSR count). The standard InChI is InChI=1S/C19H32N2O/c1-15(2)22-18-8-6-7-16(13-18)14-20-17-9-11-21(12-10-17)19(3,4)5/h6-8,13,15,17,20H,9-12,14H2,1-5H3. The third-order valence-corrected chi connectivity index (χ3v) is 4.31. The molecule has 0 saturated carbocycles. The first-order valence-electron chi connectivity index (χ1n) is 8.58. The Morgan fingerprint density at radius 1 is 1.23 bits per heavy atom. The molecule has 0 radical (unpaired) electrons. The molecule has 0 aliphatic carbocycles. The van der Waals surface area contributed by atoms with Crippen LogP contribution in [-0.4, -0.2) is 35.7 Å². The smallest absolute Gasteiger partial charge is 0.120 e. The fourth-order valence-electron chi connectivity index (χ4n) is 3.02. The topological polar surface area (TPSA) is 24.5 Å². The van der Waals surface area contributed by atoms with Crippen molar-refractivity contribution in [2.45, 2.75) is 71.7 Å². The van der Waals surface area contributed by atoms with E-state index >= 15 is 0 Å². The molecule has 1 aliphatic rings. The van der Waals surface area contributed by atoms with Crippen LogP contribution in [0.3, 0.4) is 0 Å². The molecule has 1 aliphatic heterocycles. The number of piperidine rings is 1. The van der Waals surface area contributed by atoms with Gasteiger partial charge in [-0.15, -0.1) is 0 Å². The largest absolute Gasteiger partial charge is 0.491 e. The fraction of sp³-hybridized carbons (Fsp3) is 0.684. The predicted molar refractivity (Wildman–Crippen MR) is 93.4 cm³/mol. The third-order valence-electron chi connectivity index (χ3n) is 4.31. The summed E-state index contributed by atoms with van der Waals surface area (Å²) < 4.78 is 5.76. The zero-order chi connectivity index (χ0) is 16.2. The number of likely N-dealkylation sites (tertiary alicyclic amines) is 1. The minimum absolute atomic E-state index is 0.227. The highest BCUT2D eigenvalue weighted by Crippen LogP contribution is 2.21. The van der Waals surface area contributed by atoms with Crippen LogP contribution in [0.5, 0.6) is 5.75 Å². The van der Waals surface area contributed by atoms with Crippen LogP contribution in [0.25, 0.3) is 0 Å². The molecular formula is C19H32N2O. The molecule has 1 aromatic carbocycles. The van der Waals surface area contributed by atoms with Crippen molar-refractivity contribution in [1.29, 1.82) is 0 Å². The molecule has 22 heavy (non-hydrogen) atoms. The van der Waals surface area contributed by atoms with Crippen molar-refractivity contribution in [2.24, 2.45) is 0 Å². The van der Waals surface area contributed by atoms with Gasteiger partial charge >= 0.3 is 0 Å². The van der Waals surface area contributed by atoms with E-state index in [0.29, 0.717) is 11.6 Å². The zero-order valence-electron chi connectivity index (χ0n) is 14.9. The van der Waals surface area contributed by atoms with E-state index in [4.69, 9.17) is 4.74 Å². The summed E-state index contributed by atoms with van der Waals surface area (Å²) in [6.45, 7) is 14.4. The number of benzene rings is 1. The van der Waals surface area contributed by atoms with E-state index in [-0.39, 0.29) is 6.10 Å². The molecule has 0 amide bonds. The molecule has 1 fully saturated rings. The third kappa shape index (κ3) is 5.29. The number of hydrogen-bond donors (Lipinski definition) is 1. The molecule has 3 nitrogen and oxygen atoms in total. The van der Waals surface area contributed by atoms with E-state index < -0.39 is 0 Å². The summed E-state index contributed by atoms with van der Waals surface area (Å²) >= 11 is 0. The van der Waals surface area contributed by atoms with Crippen molar-refractivity contribution in [1.82, 2.24) is 10.2 Å². The van der Waals surface area contributed by atoms with Crippen LogP contribution in [0.2, 0.25) is 0 Å². The number of hydrogen-bond acceptors (Lipinski definition) is 3. The summed E-state index contributed by atoms with van der Waals surface area (Å²) in [5.41, 5.74) is 1.60. The van der Waals surface area contributed by atoms with Crippen molar-refractivity contribution >= 4 is 0 Å². The van der Waals surface area contributed by atoms with Crippen LogP contribution >= 0.6 is 0 Å². The monoisotopic (exact) mass is 304 g/mol. The predicted octanol–water partition coefficient (Wildman–Crippen LogP) is 3.83. The molecule has 0 unspecified atom stereocenters. The average Bonchev–Trinajstić information content (AvgIpc) is 2.44. The lowest BCUT2D eigenvalue weighted by molar-refractivity contribution is 0.0960. The summed E-state index contributed by atoms with van der Waals surface area (Å²) in [6.07, 6.45) is 2.70. The second kappa shape index (κ2) is 7.47. The van der Waals surface area contributed by atoms with E-state index in [9.17, 15) is 0 Å². The van der Waals surface area contributed by atoms with Crippen LogP contribution in [0.15, 0.2) is 24.3 Å². The first kappa shape index (κ1) is 17.3. The fourth-order valence-corrected chi connectivity index (χ4v) is 3.02. The van der Waals surface area contributed by atoms with Gasteiger partial charge in [0.25, 0.3) is 0 Å². The number of nitrogens with zero attached hydrogens (tertiary/aromatic N) is 1. The second-order valence-corrected chi connectivity index (χ2v) is 7.63. The molecule has 124 valence electrons. The maximum Gasteiger partial charge on any atom is 0.120 e. The Morgan fingerprint density at radius 3 is 2.50 bits per heavy atom. The van der Waals surface area contributed by atoms with Crippen LogP contribution in [0.4, 0.5) is 0 Å². The van der Waals surface area contributed by atoms with Gasteiger partial charge in [0.2, 0.25) is 0 Å². The molecule has 0 aromatic heterocycles. The first-order valence-corrected chi connectivity index (χ1v) is 8.58. The van der Waals surface area contributed by atoms with Crippen molar-refractivity contribution in [3.8, 4) is 5.75 Å². The molecule has 1 N–H and O–H groups in total. The Morgan fingerprint density at radius 2 is 1.91 bits per heavy atom. The van der Waals surface area contributed by atoms with Crippen molar-refractivity contribution in [3.63, 3.8) is 0 Å². The minimum Gasteiger partial charge on any atom is -0.491 e. The summed E-state index contributed by atoms with van der Waals surface area (Å²) in [5.74, 6) is 0.969. The molecule has 0 atom stereocenters. The maximum atomic E-state index is 5.76. The molecule has 0 bridgehead atoms. The quantitative estimate of drug-likeness (QED) is 0.895. The van der Waals surface area contributed by atoms with Crippen LogP contribution < -0.4 is 10.1 Å². The Labute approximate surface area is 136 Å². The van der Waals surface area contributed by atoms with E-state index in [1.807, 2.05) is 6.07 Å². The Hall–Kier alpha value is -1.06. The van der Waals surface area contributed by atoms with Crippen molar-refractivity contribution in [2.75, 3.05) is 13.1 Å². The highest BCUT2D eigenvalue weighted by atomic mass is 16.5. The van der Waals surface area contributed by atoms with E-state index in [1.165, 1.54) is 31.5 Å². The molecule has 1 heterocycles. The lowest BCUT2D eigenvalue weighted by atomic mass is 9.98. The van der Waals surface area contributed by atoms with Gasteiger partial charge in [-0.05, 0) is 65.2 Å². The lowest BCUT2D eigenvalue weighted by Crippen LogP contribution is -2.49. The van der Waals surface area contributed by atoms with Gasteiger partial charge < -0.3 is 10.1 Å². The van der Waals surface area contributed by atoms with Crippen molar-refractivity contribution in [3.05, 3.63) is 29.8 Å². The van der Waals surface area contributed by atoms with Gasteiger partial charge in [-0.3, -0.25) is 4.90 Å². The van der Waals surface area contributed by atoms with Gasteiger partial charge in [-0.2, -0.15) is 0 Å².